The average molecular weight is 787 g/mol. The highest BCUT2D eigenvalue weighted by atomic mass is 19.1. The zero-order valence-corrected chi connectivity index (χ0v) is 32.6. The number of aromatic hydroxyl groups is 1. The topological polar surface area (TPSA) is 198 Å². The molecule has 0 saturated heterocycles. The summed E-state index contributed by atoms with van der Waals surface area (Å²) in [6, 6.07) is 1.82. The largest absolute Gasteiger partial charge is 0.503 e. The predicted molar refractivity (Wildman–Crippen MR) is 198 cm³/mol. The number of phenolic OH excluding ortho intramolecular Hbond substituents is 1. The van der Waals surface area contributed by atoms with Gasteiger partial charge >= 0.3 is 11.7 Å². The van der Waals surface area contributed by atoms with Crippen molar-refractivity contribution in [2.75, 3.05) is 33.8 Å². The molecule has 6 rings (SSSR count). The number of aliphatic hydroxyl groups is 4. The van der Waals surface area contributed by atoms with E-state index in [0.29, 0.717) is 37.1 Å². The van der Waals surface area contributed by atoms with E-state index in [4.69, 9.17) is 9.15 Å². The minimum Gasteiger partial charge on any atom is -0.503 e. The molecule has 1 aromatic heterocycles. The van der Waals surface area contributed by atoms with E-state index in [1.54, 1.807) is 33.0 Å². The Morgan fingerprint density at radius 2 is 1.59 bits per heavy atom. The maximum absolute atomic E-state index is 14.1. The summed E-state index contributed by atoms with van der Waals surface area (Å²) in [5.41, 5.74) is -7.32. The molecule has 306 valence electrons. The lowest BCUT2D eigenvalue weighted by atomic mass is 9.59. The van der Waals surface area contributed by atoms with Crippen molar-refractivity contribution in [3.8, 4) is 5.75 Å². The zero-order chi connectivity index (χ0) is 41.3. The van der Waals surface area contributed by atoms with Crippen LogP contribution in [0.15, 0.2) is 44.6 Å². The van der Waals surface area contributed by atoms with Gasteiger partial charge in [0.2, 0.25) is 5.82 Å². The van der Waals surface area contributed by atoms with Gasteiger partial charge in [0.15, 0.2) is 22.9 Å². The van der Waals surface area contributed by atoms with E-state index in [-0.39, 0.29) is 17.4 Å². The number of benzene rings is 1. The maximum atomic E-state index is 14.1. The number of Topliss-reactive ketones (excluding diaryl/α,β-unsaturated/α-hetero) is 1. The van der Waals surface area contributed by atoms with Gasteiger partial charge in [-0.15, -0.1) is 0 Å². The van der Waals surface area contributed by atoms with Crippen molar-refractivity contribution in [2.45, 2.75) is 95.5 Å². The molecular formula is C41H52F2N2O11. The maximum Gasteiger partial charge on any atom is 0.410 e. The van der Waals surface area contributed by atoms with E-state index in [1.807, 2.05) is 13.8 Å². The summed E-state index contributed by atoms with van der Waals surface area (Å²) >= 11 is 0. The number of ketones is 1. The third-order valence-corrected chi connectivity index (χ3v) is 13.3. The number of amides is 2. The van der Waals surface area contributed by atoms with Crippen LogP contribution in [0.4, 0.5) is 13.6 Å². The lowest BCUT2D eigenvalue weighted by Gasteiger charge is -2.52. The number of carbonyl (C=O) groups excluding carboxylic acids is 3. The van der Waals surface area contributed by atoms with E-state index in [2.05, 4.69) is 0 Å². The molecule has 56 heavy (non-hydrogen) atoms. The molecule has 0 bridgehead atoms. The first-order valence-electron chi connectivity index (χ1n) is 19.2. The van der Waals surface area contributed by atoms with Gasteiger partial charge in [-0.1, -0.05) is 58.6 Å². The van der Waals surface area contributed by atoms with Crippen LogP contribution >= 0.6 is 0 Å². The molecule has 2 amide bonds. The van der Waals surface area contributed by atoms with Crippen molar-refractivity contribution in [3.05, 3.63) is 63.0 Å². The fraction of sp³-hybridized carbons (Fsp3) is 0.610. The number of phenols is 1. The first-order chi connectivity index (χ1) is 26.2. The second-order valence-electron chi connectivity index (χ2n) is 16.9. The van der Waals surface area contributed by atoms with Crippen LogP contribution in [-0.4, -0.2) is 110 Å². The SMILES string of the molecule is CC1=C[C@H]2[C@@]3(O)[C@H](C)[C@@H](O)[C@]4(OC(=O)N(C)CCCCCCCCN(C)C(=O)c5cc6cc(F)c(O)c(F)c6oc5=O)[C@H]([C@@H]3C=C(CO)C[C@]2(O)C1=O)C4(C)C. The summed E-state index contributed by atoms with van der Waals surface area (Å²) in [5, 5.41) is 55.6. The van der Waals surface area contributed by atoms with Gasteiger partial charge < -0.3 is 44.5 Å². The molecule has 13 nitrogen and oxygen atoms in total. The second kappa shape index (κ2) is 14.6. The number of aliphatic hydroxyl groups excluding tert-OH is 2. The number of halogens is 2. The van der Waals surface area contributed by atoms with Gasteiger partial charge in [-0.3, -0.25) is 9.59 Å². The number of unbranched alkanes of at least 4 members (excludes halogenated alkanes) is 5. The molecule has 0 aliphatic heterocycles. The molecule has 4 aliphatic carbocycles. The van der Waals surface area contributed by atoms with Crippen molar-refractivity contribution < 1.29 is 57.9 Å². The lowest BCUT2D eigenvalue weighted by Crippen LogP contribution is -2.65. The van der Waals surface area contributed by atoms with E-state index < -0.39 is 105 Å². The van der Waals surface area contributed by atoms with Crippen molar-refractivity contribution >= 4 is 28.8 Å². The van der Waals surface area contributed by atoms with Crippen LogP contribution in [0.2, 0.25) is 0 Å². The number of nitrogens with zero attached hydrogens (tertiary/aromatic N) is 2. The zero-order valence-electron chi connectivity index (χ0n) is 32.6. The summed E-state index contributed by atoms with van der Waals surface area (Å²) < 4.78 is 39.0. The highest BCUT2D eigenvalue weighted by Crippen LogP contribution is 2.76. The normalized spacial score (nSPS) is 31.4. The molecule has 0 unspecified atom stereocenters. The highest BCUT2D eigenvalue weighted by Gasteiger charge is 2.86. The molecular weight excluding hydrogens is 734 g/mol. The number of fused-ring (bicyclic) bond motifs is 6. The van der Waals surface area contributed by atoms with Gasteiger partial charge in [-0.2, -0.15) is 4.39 Å². The molecule has 0 radical (unpaired) electrons. The van der Waals surface area contributed by atoms with Gasteiger partial charge in [-0.25, -0.2) is 14.0 Å². The number of hydrogen-bond donors (Lipinski definition) is 5. The monoisotopic (exact) mass is 786 g/mol. The number of hydrogen-bond acceptors (Lipinski definition) is 11. The van der Waals surface area contributed by atoms with Crippen LogP contribution < -0.4 is 5.63 Å². The van der Waals surface area contributed by atoms with Gasteiger partial charge in [0.05, 0.1) is 12.2 Å². The Morgan fingerprint density at radius 1 is 0.982 bits per heavy atom. The molecule has 0 spiro atoms. The van der Waals surface area contributed by atoms with Crippen LogP contribution in [0.5, 0.6) is 5.75 Å². The molecule has 1 heterocycles. The summed E-state index contributed by atoms with van der Waals surface area (Å²) in [6.07, 6.45) is 5.74. The van der Waals surface area contributed by atoms with Crippen molar-refractivity contribution in [2.24, 2.45) is 29.1 Å². The minimum absolute atomic E-state index is 0.157. The van der Waals surface area contributed by atoms with Crippen LogP contribution in [0, 0.1) is 40.7 Å². The smallest absolute Gasteiger partial charge is 0.410 e. The van der Waals surface area contributed by atoms with Crippen molar-refractivity contribution in [3.63, 3.8) is 0 Å². The summed E-state index contributed by atoms with van der Waals surface area (Å²) in [6.45, 7) is 7.22. The standard InChI is InChI=1S/C41H52F2N2O11/c1-21-15-28-39(53,33(21)48)19-23(20-46)16-26-32-38(3,4)41(32,34(49)22(2)40(26,28)54)56-37(52)45(6)14-12-10-8-7-9-11-13-44(5)35(50)25-17-24-18-27(42)30(47)29(43)31(24)55-36(25)51/h15-18,22,26,28,32,34,46-47,49,53-54H,7-14,19-20H2,1-6H3/t22-,26+,28-,32-,34-,39-,40-,41-/m1/s1. The minimum atomic E-state index is -1.97. The van der Waals surface area contributed by atoms with Crippen LogP contribution in [-0.2, 0) is 9.53 Å². The molecule has 4 aliphatic rings. The first-order valence-corrected chi connectivity index (χ1v) is 19.2. The van der Waals surface area contributed by atoms with Crippen molar-refractivity contribution in [1.82, 2.24) is 9.80 Å². The molecule has 2 fully saturated rings. The molecule has 8 atom stereocenters. The lowest BCUT2D eigenvalue weighted by molar-refractivity contribution is -0.210. The third-order valence-electron chi connectivity index (χ3n) is 13.3. The molecule has 5 N–H and O–H groups in total. The Hall–Kier alpha value is -4.18. The Balaban J connectivity index is 0.989. The first kappa shape index (κ1) is 41.5. The Bertz CT molecular complexity index is 2060. The van der Waals surface area contributed by atoms with E-state index in [0.717, 1.165) is 37.8 Å². The van der Waals surface area contributed by atoms with E-state index in [9.17, 15) is 53.5 Å². The van der Waals surface area contributed by atoms with Gasteiger partial charge in [-0.05, 0) is 43.0 Å². The van der Waals surface area contributed by atoms with Gasteiger partial charge in [0.25, 0.3) is 5.91 Å². The quantitative estimate of drug-likeness (QED) is 0.117. The van der Waals surface area contributed by atoms with Gasteiger partial charge in [0.1, 0.15) is 22.9 Å². The fourth-order valence-electron chi connectivity index (χ4n) is 10.0. The average Bonchev–Trinajstić information content (AvgIpc) is 3.59. The number of ether oxygens (including phenoxy) is 1. The van der Waals surface area contributed by atoms with E-state index >= 15 is 0 Å². The van der Waals surface area contributed by atoms with Crippen molar-refractivity contribution in [1.29, 1.82) is 0 Å². The van der Waals surface area contributed by atoms with Crippen LogP contribution in [0.25, 0.3) is 11.0 Å². The number of carbonyl (C=O) groups is 3. The highest BCUT2D eigenvalue weighted by molar-refractivity contribution is 6.05. The molecule has 15 heteroatoms. The van der Waals surface area contributed by atoms with Gasteiger partial charge in [0, 0.05) is 68.1 Å². The predicted octanol–water partition coefficient (Wildman–Crippen LogP) is 4.21. The molecule has 2 aromatic rings. The molecule has 1 aromatic carbocycles. The van der Waals surface area contributed by atoms with Crippen LogP contribution in [0.1, 0.15) is 83.0 Å². The van der Waals surface area contributed by atoms with E-state index in [1.165, 1.54) is 16.8 Å². The summed E-state index contributed by atoms with van der Waals surface area (Å²) in [5.74, 6) is -8.40. The Kier molecular flexibility index (Phi) is 10.8. The fourth-order valence-corrected chi connectivity index (χ4v) is 10.0. The van der Waals surface area contributed by atoms with Crippen LogP contribution in [0.3, 0.4) is 0 Å². The molecule has 2 saturated carbocycles. The Morgan fingerprint density at radius 3 is 2.21 bits per heavy atom. The second-order valence-corrected chi connectivity index (χ2v) is 16.9. The summed E-state index contributed by atoms with van der Waals surface area (Å²) in [4.78, 5) is 54.8. The third kappa shape index (κ3) is 6.25. The number of rotatable bonds is 12. The summed E-state index contributed by atoms with van der Waals surface area (Å²) in [7, 11) is 3.12. The Labute approximate surface area is 323 Å².